The molecule has 0 aromatic heterocycles. The van der Waals surface area contributed by atoms with Gasteiger partial charge in [0.05, 0.1) is 13.2 Å². The van der Waals surface area contributed by atoms with Gasteiger partial charge in [0.15, 0.2) is 0 Å². The molecule has 6 nitrogen and oxygen atoms in total. The molecule has 1 fully saturated rings. The lowest BCUT2D eigenvalue weighted by molar-refractivity contribution is -0.0340. The maximum absolute atomic E-state index is 10.6. The van der Waals surface area contributed by atoms with E-state index in [0.29, 0.717) is 0 Å². The highest BCUT2D eigenvalue weighted by Gasteiger charge is 2.40. The number of hydrogen-bond acceptors (Lipinski definition) is 6. The Morgan fingerprint density at radius 2 is 2.07 bits per heavy atom. The predicted octanol–water partition coefficient (Wildman–Crippen LogP) is -0.722. The molecule has 0 amide bonds. The number of aliphatic hydroxyl groups excluding tert-OH is 2. The Hall–Kier alpha value is -0.850. The van der Waals surface area contributed by atoms with Gasteiger partial charge in [-0.2, -0.15) is 0 Å². The molecule has 0 saturated carbocycles. The molecule has 0 radical (unpaired) electrons. The van der Waals surface area contributed by atoms with Crippen LogP contribution in [0.2, 0.25) is 0 Å². The highest BCUT2D eigenvalue weighted by Crippen LogP contribution is 2.20. The Balaban J connectivity index is 2.36. The van der Waals surface area contributed by atoms with Crippen LogP contribution in [0.15, 0.2) is 0 Å². The molecular formula is C8H14O6. The first kappa shape index (κ1) is 11.2. The van der Waals surface area contributed by atoms with E-state index in [4.69, 9.17) is 4.74 Å². The summed E-state index contributed by atoms with van der Waals surface area (Å²) in [5, 5.41) is 18.7. The predicted molar refractivity (Wildman–Crippen MR) is 44.7 cm³/mol. The van der Waals surface area contributed by atoms with E-state index >= 15 is 0 Å². The van der Waals surface area contributed by atoms with Crippen molar-refractivity contribution in [3.63, 3.8) is 0 Å². The molecule has 6 heteroatoms. The van der Waals surface area contributed by atoms with Crippen LogP contribution in [0.1, 0.15) is 6.92 Å². The first-order valence-electron chi connectivity index (χ1n) is 4.28. The Labute approximate surface area is 81.4 Å². The maximum Gasteiger partial charge on any atom is 0.508 e. The highest BCUT2D eigenvalue weighted by molar-refractivity contribution is 5.59. The molecule has 1 aliphatic heterocycles. The molecule has 4 atom stereocenters. The van der Waals surface area contributed by atoms with Crippen LogP contribution in [-0.4, -0.2) is 54.5 Å². The van der Waals surface area contributed by atoms with Crippen LogP contribution >= 0.6 is 0 Å². The van der Waals surface area contributed by atoms with Gasteiger partial charge in [0.1, 0.15) is 24.9 Å². The molecule has 1 saturated heterocycles. The number of rotatable bonds is 2. The zero-order valence-corrected chi connectivity index (χ0v) is 8.04. The van der Waals surface area contributed by atoms with Gasteiger partial charge in [0, 0.05) is 0 Å². The first-order chi connectivity index (χ1) is 6.56. The quantitative estimate of drug-likeness (QED) is 0.580. The Kier molecular flexibility index (Phi) is 3.68. The second-order valence-corrected chi connectivity index (χ2v) is 3.13. The van der Waals surface area contributed by atoms with Crippen LogP contribution < -0.4 is 0 Å². The average Bonchev–Trinajstić information content (AvgIpc) is 2.42. The maximum atomic E-state index is 10.6. The number of carbonyl (C=O) groups excluding carboxylic acids is 1. The first-order valence-corrected chi connectivity index (χ1v) is 4.28. The van der Waals surface area contributed by atoms with Gasteiger partial charge in [-0.25, -0.2) is 4.79 Å². The van der Waals surface area contributed by atoms with E-state index < -0.39 is 30.6 Å². The number of ether oxygens (including phenoxy) is 3. The van der Waals surface area contributed by atoms with Crippen molar-refractivity contribution in [3.8, 4) is 0 Å². The topological polar surface area (TPSA) is 85.2 Å². The van der Waals surface area contributed by atoms with Crippen LogP contribution in [0.5, 0.6) is 0 Å². The molecule has 0 aliphatic carbocycles. The van der Waals surface area contributed by atoms with Gasteiger partial charge in [0.2, 0.25) is 0 Å². The van der Waals surface area contributed by atoms with Crippen LogP contribution in [0.4, 0.5) is 4.79 Å². The summed E-state index contributed by atoms with van der Waals surface area (Å²) in [6.07, 6.45) is -3.97. The van der Waals surface area contributed by atoms with Crippen molar-refractivity contribution in [1.29, 1.82) is 0 Å². The van der Waals surface area contributed by atoms with E-state index in [1.165, 1.54) is 7.11 Å². The van der Waals surface area contributed by atoms with Gasteiger partial charge in [-0.05, 0) is 6.92 Å². The van der Waals surface area contributed by atoms with Crippen LogP contribution in [0, 0.1) is 0 Å². The minimum Gasteiger partial charge on any atom is -0.438 e. The van der Waals surface area contributed by atoms with Crippen molar-refractivity contribution in [2.45, 2.75) is 31.3 Å². The molecule has 1 heterocycles. The molecule has 0 bridgehead atoms. The molecule has 82 valence electrons. The van der Waals surface area contributed by atoms with Gasteiger partial charge in [-0.3, -0.25) is 0 Å². The summed E-state index contributed by atoms with van der Waals surface area (Å²) in [5.74, 6) is 0. The third kappa shape index (κ3) is 2.34. The second kappa shape index (κ2) is 4.59. The molecule has 1 aliphatic rings. The van der Waals surface area contributed by atoms with Crippen molar-refractivity contribution in [3.05, 3.63) is 0 Å². The van der Waals surface area contributed by atoms with E-state index in [-0.39, 0.29) is 6.61 Å². The van der Waals surface area contributed by atoms with Crippen LogP contribution in [0.3, 0.4) is 0 Å². The summed E-state index contributed by atoms with van der Waals surface area (Å²) in [7, 11) is 1.19. The molecule has 1 unspecified atom stereocenters. The largest absolute Gasteiger partial charge is 0.508 e. The summed E-state index contributed by atoms with van der Waals surface area (Å²) >= 11 is 0. The van der Waals surface area contributed by atoms with Crippen molar-refractivity contribution in [2.75, 3.05) is 13.7 Å². The monoisotopic (exact) mass is 206 g/mol. The van der Waals surface area contributed by atoms with Crippen LogP contribution in [0.25, 0.3) is 0 Å². The summed E-state index contributed by atoms with van der Waals surface area (Å²) in [6, 6.07) is 0. The standard InChI is InChI=1S/C8H14O6/c1-4-6(9)7(10)5(14-4)3-13-8(11)12-2/h4-7,9-10H,3H2,1-2H3/t4-,5+,6?,7+/m0/s1. The Morgan fingerprint density at radius 1 is 1.43 bits per heavy atom. The molecule has 0 aromatic carbocycles. The van der Waals surface area contributed by atoms with Gasteiger partial charge in [-0.15, -0.1) is 0 Å². The van der Waals surface area contributed by atoms with E-state index in [0.717, 1.165) is 0 Å². The molecule has 2 N–H and O–H groups in total. The molecule has 0 spiro atoms. The van der Waals surface area contributed by atoms with Crippen LogP contribution in [-0.2, 0) is 14.2 Å². The number of hydrogen-bond donors (Lipinski definition) is 2. The fourth-order valence-corrected chi connectivity index (χ4v) is 1.28. The minimum absolute atomic E-state index is 0.130. The summed E-state index contributed by atoms with van der Waals surface area (Å²) in [6.45, 7) is 1.50. The lowest BCUT2D eigenvalue weighted by atomic mass is 10.1. The Morgan fingerprint density at radius 3 is 2.50 bits per heavy atom. The SMILES string of the molecule is COC(=O)OC[C@H]1O[C@@H](C)C(O)[C@@H]1O. The van der Waals surface area contributed by atoms with E-state index in [1.807, 2.05) is 0 Å². The van der Waals surface area contributed by atoms with Gasteiger partial charge >= 0.3 is 6.16 Å². The third-order valence-electron chi connectivity index (χ3n) is 2.13. The van der Waals surface area contributed by atoms with Crippen molar-refractivity contribution in [2.24, 2.45) is 0 Å². The molecule has 1 rings (SSSR count). The van der Waals surface area contributed by atoms with E-state index in [1.54, 1.807) is 6.92 Å². The van der Waals surface area contributed by atoms with Gasteiger partial charge in [0.25, 0.3) is 0 Å². The lowest BCUT2D eigenvalue weighted by Gasteiger charge is -2.13. The summed E-state index contributed by atoms with van der Waals surface area (Å²) < 4.78 is 14.0. The zero-order chi connectivity index (χ0) is 10.7. The number of aliphatic hydroxyl groups is 2. The van der Waals surface area contributed by atoms with E-state index in [9.17, 15) is 15.0 Å². The van der Waals surface area contributed by atoms with Crippen molar-refractivity contribution >= 4 is 6.16 Å². The minimum atomic E-state index is -1.03. The fourth-order valence-electron chi connectivity index (χ4n) is 1.28. The second-order valence-electron chi connectivity index (χ2n) is 3.13. The third-order valence-corrected chi connectivity index (χ3v) is 2.13. The van der Waals surface area contributed by atoms with Gasteiger partial charge in [-0.1, -0.05) is 0 Å². The molecular weight excluding hydrogens is 192 g/mol. The lowest BCUT2D eigenvalue weighted by Crippen LogP contribution is -2.34. The summed E-state index contributed by atoms with van der Waals surface area (Å²) in [4.78, 5) is 10.6. The zero-order valence-electron chi connectivity index (χ0n) is 8.04. The normalized spacial score (nSPS) is 36.9. The number of carbonyl (C=O) groups is 1. The molecule has 0 aromatic rings. The molecule has 14 heavy (non-hydrogen) atoms. The highest BCUT2D eigenvalue weighted by atomic mass is 16.7. The van der Waals surface area contributed by atoms with Gasteiger partial charge < -0.3 is 24.4 Å². The smallest absolute Gasteiger partial charge is 0.438 e. The van der Waals surface area contributed by atoms with Crippen molar-refractivity contribution < 1.29 is 29.2 Å². The number of methoxy groups -OCH3 is 1. The summed E-state index contributed by atoms with van der Waals surface area (Å²) in [5.41, 5.74) is 0. The average molecular weight is 206 g/mol. The van der Waals surface area contributed by atoms with E-state index in [2.05, 4.69) is 9.47 Å². The van der Waals surface area contributed by atoms with Crippen molar-refractivity contribution in [1.82, 2.24) is 0 Å². The Bertz CT molecular complexity index is 206. The fraction of sp³-hybridized carbons (Fsp3) is 0.875.